The Morgan fingerprint density at radius 3 is 3.33 bits per heavy atom. The maximum atomic E-state index is 12.4. The highest BCUT2D eigenvalue weighted by Crippen LogP contribution is 2.44. The lowest BCUT2D eigenvalue weighted by Crippen LogP contribution is -2.45. The molecule has 18 heavy (non-hydrogen) atoms. The first-order chi connectivity index (χ1) is 8.71. The largest absolute Gasteiger partial charge is 0.350 e. The number of nitrogens with one attached hydrogen (secondary N) is 2. The van der Waals surface area contributed by atoms with E-state index in [1.807, 2.05) is 17.8 Å². The average molecular weight is 248 g/mol. The summed E-state index contributed by atoms with van der Waals surface area (Å²) in [7, 11) is 1.94. The molecule has 5 heteroatoms. The van der Waals surface area contributed by atoms with Gasteiger partial charge in [-0.3, -0.25) is 4.79 Å². The van der Waals surface area contributed by atoms with Crippen LogP contribution in [0.4, 0.5) is 0 Å². The minimum atomic E-state index is -0.144. The molecule has 0 bridgehead atoms. The molecule has 2 fully saturated rings. The predicted molar refractivity (Wildman–Crippen MR) is 67.7 cm³/mol. The van der Waals surface area contributed by atoms with Crippen LogP contribution in [-0.4, -0.2) is 28.0 Å². The fourth-order valence-corrected chi connectivity index (χ4v) is 3.43. The van der Waals surface area contributed by atoms with Crippen LogP contribution in [0, 0.1) is 5.41 Å². The number of nitrogens with zero attached hydrogens (tertiary/aromatic N) is 2. The molecule has 0 aromatic carbocycles. The Morgan fingerprint density at radius 2 is 2.56 bits per heavy atom. The quantitative estimate of drug-likeness (QED) is 0.822. The highest BCUT2D eigenvalue weighted by Gasteiger charge is 2.51. The van der Waals surface area contributed by atoms with Gasteiger partial charge in [-0.1, -0.05) is 6.42 Å². The van der Waals surface area contributed by atoms with Gasteiger partial charge in [0.25, 0.3) is 0 Å². The van der Waals surface area contributed by atoms with Gasteiger partial charge in [0.1, 0.15) is 0 Å². The molecule has 0 spiro atoms. The zero-order valence-electron chi connectivity index (χ0n) is 10.8. The number of rotatable bonds is 3. The van der Waals surface area contributed by atoms with Gasteiger partial charge in [-0.15, -0.1) is 0 Å². The van der Waals surface area contributed by atoms with Crippen LogP contribution in [-0.2, 0) is 18.4 Å². The molecule has 98 valence electrons. The van der Waals surface area contributed by atoms with Gasteiger partial charge in [0.15, 0.2) is 0 Å². The van der Waals surface area contributed by atoms with E-state index in [0.29, 0.717) is 12.6 Å². The van der Waals surface area contributed by atoms with E-state index >= 15 is 0 Å². The predicted octanol–water partition coefficient (Wildman–Crippen LogP) is 0.568. The van der Waals surface area contributed by atoms with Crippen LogP contribution in [0.25, 0.3) is 0 Å². The number of hydrogen-bond acceptors (Lipinski definition) is 3. The van der Waals surface area contributed by atoms with Gasteiger partial charge in [0.05, 0.1) is 24.0 Å². The zero-order valence-corrected chi connectivity index (χ0v) is 10.8. The smallest absolute Gasteiger partial charge is 0.228 e. The third kappa shape index (κ3) is 1.82. The number of aryl methyl sites for hydroxylation is 1. The molecule has 1 aliphatic carbocycles. The third-order valence-electron chi connectivity index (χ3n) is 4.39. The first-order valence-corrected chi connectivity index (χ1v) is 6.69. The molecule has 1 aromatic heterocycles. The van der Waals surface area contributed by atoms with E-state index in [4.69, 9.17) is 0 Å². The summed E-state index contributed by atoms with van der Waals surface area (Å²) < 4.78 is 1.90. The Balaban J connectivity index is 1.64. The van der Waals surface area contributed by atoms with Crippen molar-refractivity contribution in [3.8, 4) is 0 Å². The minimum absolute atomic E-state index is 0.144. The Kier molecular flexibility index (Phi) is 2.86. The molecule has 1 aliphatic heterocycles. The van der Waals surface area contributed by atoms with Crippen LogP contribution < -0.4 is 10.6 Å². The summed E-state index contributed by atoms with van der Waals surface area (Å²) in [5, 5.41) is 6.52. The van der Waals surface area contributed by atoms with Crippen molar-refractivity contribution in [3.05, 3.63) is 18.2 Å². The van der Waals surface area contributed by atoms with E-state index in [2.05, 4.69) is 15.6 Å². The molecular formula is C13H20N4O. The van der Waals surface area contributed by atoms with Crippen LogP contribution in [0.5, 0.6) is 0 Å². The van der Waals surface area contributed by atoms with E-state index in [-0.39, 0.29) is 11.3 Å². The number of amides is 1. The van der Waals surface area contributed by atoms with Gasteiger partial charge in [0, 0.05) is 19.3 Å². The van der Waals surface area contributed by atoms with E-state index in [0.717, 1.165) is 37.9 Å². The zero-order chi connectivity index (χ0) is 12.6. The fraction of sp³-hybridized carbons (Fsp3) is 0.692. The third-order valence-corrected chi connectivity index (χ3v) is 4.39. The molecule has 0 radical (unpaired) electrons. The van der Waals surface area contributed by atoms with Crippen molar-refractivity contribution in [1.29, 1.82) is 0 Å². The molecular weight excluding hydrogens is 228 g/mol. The van der Waals surface area contributed by atoms with Gasteiger partial charge in [0.2, 0.25) is 5.91 Å². The monoisotopic (exact) mass is 248 g/mol. The van der Waals surface area contributed by atoms with E-state index in [9.17, 15) is 4.79 Å². The maximum absolute atomic E-state index is 12.4. The summed E-state index contributed by atoms with van der Waals surface area (Å²) in [4.78, 5) is 16.7. The van der Waals surface area contributed by atoms with Crippen molar-refractivity contribution in [3.63, 3.8) is 0 Å². The fourth-order valence-electron chi connectivity index (χ4n) is 3.43. The summed E-state index contributed by atoms with van der Waals surface area (Å²) >= 11 is 0. The molecule has 2 aliphatic rings. The molecule has 5 nitrogen and oxygen atoms in total. The second-order valence-corrected chi connectivity index (χ2v) is 5.52. The van der Waals surface area contributed by atoms with Gasteiger partial charge in [-0.25, -0.2) is 4.98 Å². The summed E-state index contributed by atoms with van der Waals surface area (Å²) in [6, 6.07) is 0.390. The van der Waals surface area contributed by atoms with Crippen molar-refractivity contribution < 1.29 is 4.79 Å². The lowest BCUT2D eigenvalue weighted by atomic mass is 9.81. The Bertz CT molecular complexity index is 444. The molecule has 1 amide bonds. The second-order valence-electron chi connectivity index (χ2n) is 5.52. The van der Waals surface area contributed by atoms with Crippen LogP contribution >= 0.6 is 0 Å². The van der Waals surface area contributed by atoms with E-state index in [1.165, 1.54) is 0 Å². The van der Waals surface area contributed by atoms with Gasteiger partial charge >= 0.3 is 0 Å². The molecule has 2 heterocycles. The molecule has 0 unspecified atom stereocenters. The SMILES string of the molecule is Cn1cnc(CNC(=O)[C@]23CCC[C@H]2NCC3)c1. The summed E-state index contributed by atoms with van der Waals surface area (Å²) in [5.41, 5.74) is 0.775. The standard InChI is InChI=1S/C13H20N4O/c1-17-8-10(16-9-17)7-15-12(18)13-4-2-3-11(13)14-6-5-13/h8-9,11,14H,2-7H2,1H3,(H,15,18)/t11-,13+/m1/s1. The van der Waals surface area contributed by atoms with E-state index < -0.39 is 0 Å². The molecule has 2 N–H and O–H groups in total. The van der Waals surface area contributed by atoms with Crippen LogP contribution in [0.1, 0.15) is 31.4 Å². The maximum Gasteiger partial charge on any atom is 0.228 e. The van der Waals surface area contributed by atoms with Crippen molar-refractivity contribution in [2.75, 3.05) is 6.54 Å². The van der Waals surface area contributed by atoms with Gasteiger partial charge in [-0.2, -0.15) is 0 Å². The van der Waals surface area contributed by atoms with Crippen molar-refractivity contribution in [2.45, 2.75) is 38.3 Å². The first kappa shape index (κ1) is 11.7. The normalized spacial score (nSPS) is 30.4. The number of carbonyl (C=O) groups is 1. The Labute approximate surface area is 107 Å². The summed E-state index contributed by atoms with van der Waals surface area (Å²) in [5.74, 6) is 0.209. The van der Waals surface area contributed by atoms with Gasteiger partial charge < -0.3 is 15.2 Å². The first-order valence-electron chi connectivity index (χ1n) is 6.69. The minimum Gasteiger partial charge on any atom is -0.350 e. The molecule has 2 atom stereocenters. The number of carbonyl (C=O) groups excluding carboxylic acids is 1. The van der Waals surface area contributed by atoms with Crippen LogP contribution in [0.15, 0.2) is 12.5 Å². The number of fused-ring (bicyclic) bond motifs is 1. The molecule has 3 rings (SSSR count). The van der Waals surface area contributed by atoms with Crippen molar-refractivity contribution in [1.82, 2.24) is 20.2 Å². The van der Waals surface area contributed by atoms with Crippen molar-refractivity contribution >= 4 is 5.91 Å². The molecule has 1 saturated heterocycles. The van der Waals surface area contributed by atoms with Crippen LogP contribution in [0.3, 0.4) is 0 Å². The van der Waals surface area contributed by atoms with E-state index in [1.54, 1.807) is 6.33 Å². The lowest BCUT2D eigenvalue weighted by molar-refractivity contribution is -0.131. The summed E-state index contributed by atoms with van der Waals surface area (Å²) in [6.45, 7) is 1.51. The number of hydrogen-bond donors (Lipinski definition) is 2. The highest BCUT2D eigenvalue weighted by molar-refractivity contribution is 5.84. The average Bonchev–Trinajstić information content (AvgIpc) is 3.00. The topological polar surface area (TPSA) is 59.0 Å². The number of aromatic nitrogens is 2. The Morgan fingerprint density at radius 1 is 1.67 bits per heavy atom. The van der Waals surface area contributed by atoms with Gasteiger partial charge in [-0.05, 0) is 25.8 Å². The Hall–Kier alpha value is -1.36. The van der Waals surface area contributed by atoms with Crippen LogP contribution in [0.2, 0.25) is 0 Å². The second kappa shape index (κ2) is 4.39. The lowest BCUT2D eigenvalue weighted by Gasteiger charge is -2.27. The molecule has 1 aromatic rings. The summed E-state index contributed by atoms with van der Waals surface area (Å²) in [6.07, 6.45) is 8.00. The molecule has 1 saturated carbocycles. The highest BCUT2D eigenvalue weighted by atomic mass is 16.2. The number of imidazole rings is 1. The van der Waals surface area contributed by atoms with Crippen molar-refractivity contribution in [2.24, 2.45) is 12.5 Å².